The van der Waals surface area contributed by atoms with Crippen LogP contribution in [0.4, 0.5) is 30.2 Å². The molecular weight excluding hydrogens is 305 g/mol. The summed E-state index contributed by atoms with van der Waals surface area (Å²) in [5.41, 5.74) is 5.82. The molecule has 7 heteroatoms. The Kier molecular flexibility index (Phi) is 4.18. The number of hydrogen-bond donors (Lipinski definition) is 2. The van der Waals surface area contributed by atoms with Crippen molar-refractivity contribution in [3.63, 3.8) is 0 Å². The van der Waals surface area contributed by atoms with Crippen LogP contribution < -0.4 is 15.8 Å². The molecule has 0 heterocycles. The number of ether oxygens (including phenoxy) is 1. The summed E-state index contributed by atoms with van der Waals surface area (Å²) in [5.74, 6) is 0.451. The second-order valence-electron chi connectivity index (χ2n) is 4.27. The number of methoxy groups -OCH3 is 1. The van der Waals surface area contributed by atoms with E-state index in [0.29, 0.717) is 22.1 Å². The van der Waals surface area contributed by atoms with Crippen LogP contribution in [0.15, 0.2) is 36.4 Å². The molecular formula is C14H12ClF3N2O. The molecule has 0 saturated carbocycles. The zero-order valence-electron chi connectivity index (χ0n) is 11.0. The number of rotatable bonds is 3. The van der Waals surface area contributed by atoms with E-state index in [1.54, 1.807) is 18.2 Å². The fourth-order valence-corrected chi connectivity index (χ4v) is 1.94. The van der Waals surface area contributed by atoms with Gasteiger partial charge in [-0.15, -0.1) is 0 Å². The Morgan fingerprint density at radius 2 is 1.86 bits per heavy atom. The summed E-state index contributed by atoms with van der Waals surface area (Å²) in [6, 6.07) is 8.03. The number of nitrogen functional groups attached to an aromatic ring is 1. The Bertz CT molecular complexity index is 659. The summed E-state index contributed by atoms with van der Waals surface area (Å²) in [5, 5.41) is 3.36. The van der Waals surface area contributed by atoms with Crippen molar-refractivity contribution in [2.75, 3.05) is 18.2 Å². The highest BCUT2D eigenvalue weighted by Crippen LogP contribution is 2.35. The third-order valence-electron chi connectivity index (χ3n) is 2.81. The van der Waals surface area contributed by atoms with Gasteiger partial charge in [0.15, 0.2) is 0 Å². The van der Waals surface area contributed by atoms with Crippen LogP contribution in [0, 0.1) is 0 Å². The van der Waals surface area contributed by atoms with E-state index in [-0.39, 0.29) is 5.69 Å². The largest absolute Gasteiger partial charge is 0.495 e. The summed E-state index contributed by atoms with van der Waals surface area (Å²) in [7, 11) is 1.47. The highest BCUT2D eigenvalue weighted by atomic mass is 35.5. The van der Waals surface area contributed by atoms with Gasteiger partial charge in [-0.3, -0.25) is 0 Å². The summed E-state index contributed by atoms with van der Waals surface area (Å²) >= 11 is 5.90. The minimum absolute atomic E-state index is 0.00116. The van der Waals surface area contributed by atoms with Gasteiger partial charge >= 0.3 is 6.18 Å². The van der Waals surface area contributed by atoms with Crippen LogP contribution in [0.3, 0.4) is 0 Å². The van der Waals surface area contributed by atoms with Crippen LogP contribution in [0.25, 0.3) is 0 Å². The van der Waals surface area contributed by atoms with E-state index >= 15 is 0 Å². The van der Waals surface area contributed by atoms with Crippen molar-refractivity contribution in [1.82, 2.24) is 0 Å². The number of alkyl halides is 3. The van der Waals surface area contributed by atoms with Gasteiger partial charge in [-0.25, -0.2) is 0 Å². The second-order valence-corrected chi connectivity index (χ2v) is 4.68. The first kappa shape index (κ1) is 15.3. The van der Waals surface area contributed by atoms with Crippen molar-refractivity contribution in [2.24, 2.45) is 0 Å². The van der Waals surface area contributed by atoms with Crippen LogP contribution >= 0.6 is 11.6 Å². The van der Waals surface area contributed by atoms with E-state index in [4.69, 9.17) is 22.1 Å². The van der Waals surface area contributed by atoms with Crippen LogP contribution in [-0.2, 0) is 6.18 Å². The van der Waals surface area contributed by atoms with Gasteiger partial charge in [0.25, 0.3) is 0 Å². The van der Waals surface area contributed by atoms with Crippen molar-refractivity contribution in [1.29, 1.82) is 0 Å². The lowest BCUT2D eigenvalue weighted by atomic mass is 10.1. The molecule has 3 nitrogen and oxygen atoms in total. The molecule has 21 heavy (non-hydrogen) atoms. The van der Waals surface area contributed by atoms with Gasteiger partial charge in [-0.1, -0.05) is 11.6 Å². The maximum Gasteiger partial charge on any atom is 0.416 e. The number of anilines is 3. The molecule has 0 spiro atoms. The Morgan fingerprint density at radius 3 is 2.43 bits per heavy atom. The molecule has 0 aliphatic carbocycles. The molecule has 112 valence electrons. The van der Waals surface area contributed by atoms with E-state index in [9.17, 15) is 13.2 Å². The Morgan fingerprint density at radius 1 is 1.14 bits per heavy atom. The predicted octanol–water partition coefficient (Wildman–Crippen LogP) is 4.69. The van der Waals surface area contributed by atoms with E-state index in [1.165, 1.54) is 13.2 Å². The average Bonchev–Trinajstić information content (AvgIpc) is 2.42. The molecule has 0 amide bonds. The van der Waals surface area contributed by atoms with Crippen molar-refractivity contribution in [3.8, 4) is 5.75 Å². The molecule has 3 N–H and O–H groups in total. The monoisotopic (exact) mass is 316 g/mol. The molecule has 0 fully saturated rings. The quantitative estimate of drug-likeness (QED) is 0.807. The van der Waals surface area contributed by atoms with Crippen molar-refractivity contribution in [3.05, 3.63) is 47.0 Å². The first-order valence-electron chi connectivity index (χ1n) is 5.88. The fraction of sp³-hybridized carbons (Fsp3) is 0.143. The smallest absolute Gasteiger partial charge is 0.416 e. The topological polar surface area (TPSA) is 47.3 Å². The molecule has 0 atom stereocenters. The Labute approximate surface area is 124 Å². The first-order chi connectivity index (χ1) is 9.81. The minimum atomic E-state index is -4.42. The molecule has 0 radical (unpaired) electrons. The van der Waals surface area contributed by atoms with E-state index < -0.39 is 11.7 Å². The normalized spacial score (nSPS) is 11.3. The molecule has 0 aliphatic rings. The zero-order chi connectivity index (χ0) is 15.6. The average molecular weight is 317 g/mol. The molecule has 2 aromatic rings. The Balaban J connectivity index is 2.28. The Hall–Kier alpha value is -2.08. The van der Waals surface area contributed by atoms with Crippen LogP contribution in [0.2, 0.25) is 5.02 Å². The lowest BCUT2D eigenvalue weighted by Gasteiger charge is -2.13. The zero-order valence-corrected chi connectivity index (χ0v) is 11.7. The van der Waals surface area contributed by atoms with E-state index in [2.05, 4.69) is 5.32 Å². The lowest BCUT2D eigenvalue weighted by molar-refractivity contribution is -0.137. The van der Waals surface area contributed by atoms with E-state index in [1.807, 2.05) is 0 Å². The van der Waals surface area contributed by atoms with Gasteiger partial charge in [-0.2, -0.15) is 13.2 Å². The summed E-state index contributed by atoms with van der Waals surface area (Å²) < 4.78 is 42.8. The summed E-state index contributed by atoms with van der Waals surface area (Å²) in [6.45, 7) is 0. The molecule has 0 saturated heterocycles. The van der Waals surface area contributed by atoms with Gasteiger partial charge in [0.1, 0.15) is 5.75 Å². The SMILES string of the molecule is COc1cc(Nc2ccc(C(F)(F)F)cc2N)ccc1Cl. The maximum atomic E-state index is 12.6. The predicted molar refractivity (Wildman–Crippen MR) is 77.1 cm³/mol. The van der Waals surface area contributed by atoms with Gasteiger partial charge < -0.3 is 15.8 Å². The highest BCUT2D eigenvalue weighted by molar-refractivity contribution is 6.32. The fourth-order valence-electron chi connectivity index (χ4n) is 1.75. The van der Waals surface area contributed by atoms with Gasteiger partial charge in [0.2, 0.25) is 0 Å². The summed E-state index contributed by atoms with van der Waals surface area (Å²) in [6.07, 6.45) is -4.42. The molecule has 2 rings (SSSR count). The van der Waals surface area contributed by atoms with Crippen LogP contribution in [0.5, 0.6) is 5.75 Å². The molecule has 0 bridgehead atoms. The van der Waals surface area contributed by atoms with E-state index in [0.717, 1.165) is 12.1 Å². The maximum absolute atomic E-state index is 12.6. The van der Waals surface area contributed by atoms with Crippen molar-refractivity contribution < 1.29 is 17.9 Å². The standard InChI is InChI=1S/C14H12ClF3N2O/c1-21-13-7-9(3-4-10(13)15)20-12-5-2-8(6-11(12)19)14(16,17)18/h2-7,20H,19H2,1H3. The van der Waals surface area contributed by atoms with Gasteiger partial charge in [-0.05, 0) is 30.3 Å². The summed E-state index contributed by atoms with van der Waals surface area (Å²) in [4.78, 5) is 0. The molecule has 0 aromatic heterocycles. The van der Waals surface area contributed by atoms with Crippen LogP contribution in [-0.4, -0.2) is 7.11 Å². The number of hydrogen-bond acceptors (Lipinski definition) is 3. The molecule has 0 unspecified atom stereocenters. The van der Waals surface area contributed by atoms with Crippen molar-refractivity contribution >= 4 is 28.7 Å². The number of nitrogens with one attached hydrogen (secondary N) is 1. The van der Waals surface area contributed by atoms with Crippen molar-refractivity contribution in [2.45, 2.75) is 6.18 Å². The second kappa shape index (κ2) is 5.73. The van der Waals surface area contributed by atoms with Crippen LogP contribution in [0.1, 0.15) is 5.56 Å². The highest BCUT2D eigenvalue weighted by Gasteiger charge is 2.30. The number of nitrogens with two attached hydrogens (primary N) is 1. The third kappa shape index (κ3) is 3.52. The van der Waals surface area contributed by atoms with Gasteiger partial charge in [0, 0.05) is 11.8 Å². The first-order valence-corrected chi connectivity index (χ1v) is 6.26. The number of halogens is 4. The molecule has 0 aliphatic heterocycles. The lowest BCUT2D eigenvalue weighted by Crippen LogP contribution is -2.06. The van der Waals surface area contributed by atoms with Gasteiger partial charge in [0.05, 0.1) is 29.1 Å². The third-order valence-corrected chi connectivity index (χ3v) is 3.12. The minimum Gasteiger partial charge on any atom is -0.495 e. The number of benzene rings is 2. The molecule has 2 aromatic carbocycles.